The zero-order valence-corrected chi connectivity index (χ0v) is 15.5. The number of allylic oxidation sites excluding steroid dienone is 1. The maximum atomic E-state index is 12.9. The first-order valence-electron chi connectivity index (χ1n) is 7.86. The predicted molar refractivity (Wildman–Crippen MR) is 106 cm³/mol. The maximum Gasteiger partial charge on any atom is 0.255 e. The molecule has 1 unspecified atom stereocenters. The molecule has 2 aromatic rings. The van der Waals surface area contributed by atoms with Gasteiger partial charge in [-0.2, -0.15) is 0 Å². The smallest absolute Gasteiger partial charge is 0.255 e. The lowest BCUT2D eigenvalue weighted by Crippen LogP contribution is -2.45. The highest BCUT2D eigenvalue weighted by atomic mass is 35.5. The molecular formula is C19H18ClN3OS. The molecule has 0 aromatic heterocycles. The Kier molecular flexibility index (Phi) is 5.06. The van der Waals surface area contributed by atoms with Gasteiger partial charge in [0.15, 0.2) is 5.11 Å². The quantitative estimate of drug-likeness (QED) is 0.711. The van der Waals surface area contributed by atoms with Gasteiger partial charge in [0.1, 0.15) is 0 Å². The van der Waals surface area contributed by atoms with E-state index in [1.165, 1.54) is 0 Å². The SMILES string of the molecule is CC1=C(C(=O)Nc2cccc(Cl)c2)C(c2ccc(C)cc2)NC(=S)N1. The van der Waals surface area contributed by atoms with Crippen LogP contribution in [0.1, 0.15) is 24.1 Å². The fourth-order valence-corrected chi connectivity index (χ4v) is 3.23. The molecule has 1 atom stereocenters. The summed E-state index contributed by atoms with van der Waals surface area (Å²) < 4.78 is 0. The average Bonchev–Trinajstić information content (AvgIpc) is 2.54. The standard InChI is InChI=1S/C19H18ClN3OS/c1-11-6-8-13(9-7-11)17-16(12(2)21-19(25)23-17)18(24)22-15-5-3-4-14(20)10-15/h3-10,17H,1-2H3,(H,22,24)(H2,21,23,25). The number of carbonyl (C=O) groups is 1. The van der Waals surface area contributed by atoms with Crippen molar-refractivity contribution in [3.05, 3.63) is 76.0 Å². The number of amides is 1. The monoisotopic (exact) mass is 371 g/mol. The van der Waals surface area contributed by atoms with Gasteiger partial charge in [-0.1, -0.05) is 47.5 Å². The Bertz CT molecular complexity index is 861. The first-order valence-corrected chi connectivity index (χ1v) is 8.64. The molecule has 3 N–H and O–H groups in total. The Morgan fingerprint density at radius 3 is 2.56 bits per heavy atom. The second-order valence-electron chi connectivity index (χ2n) is 5.95. The van der Waals surface area contributed by atoms with E-state index in [4.69, 9.17) is 23.8 Å². The van der Waals surface area contributed by atoms with Gasteiger partial charge in [-0.25, -0.2) is 0 Å². The zero-order chi connectivity index (χ0) is 18.0. The van der Waals surface area contributed by atoms with Crippen LogP contribution in [0.25, 0.3) is 0 Å². The number of benzene rings is 2. The molecule has 1 aliphatic heterocycles. The highest BCUT2D eigenvalue weighted by molar-refractivity contribution is 7.80. The molecule has 1 heterocycles. The van der Waals surface area contributed by atoms with Crippen LogP contribution in [-0.4, -0.2) is 11.0 Å². The predicted octanol–water partition coefficient (Wildman–Crippen LogP) is 4.08. The van der Waals surface area contributed by atoms with Crippen molar-refractivity contribution in [2.24, 2.45) is 0 Å². The van der Waals surface area contributed by atoms with Gasteiger partial charge in [-0.3, -0.25) is 4.79 Å². The summed E-state index contributed by atoms with van der Waals surface area (Å²) in [6.45, 7) is 3.87. The average molecular weight is 372 g/mol. The Morgan fingerprint density at radius 1 is 1.16 bits per heavy atom. The molecule has 1 amide bonds. The lowest BCUT2D eigenvalue weighted by atomic mass is 9.94. The molecule has 25 heavy (non-hydrogen) atoms. The summed E-state index contributed by atoms with van der Waals surface area (Å²) >= 11 is 11.3. The van der Waals surface area contributed by atoms with E-state index in [-0.39, 0.29) is 11.9 Å². The lowest BCUT2D eigenvalue weighted by Gasteiger charge is -2.30. The molecule has 0 aliphatic carbocycles. The van der Waals surface area contributed by atoms with Crippen molar-refractivity contribution >= 4 is 40.5 Å². The fraction of sp³-hybridized carbons (Fsp3) is 0.158. The Hall–Kier alpha value is -2.37. The van der Waals surface area contributed by atoms with Gasteiger partial charge >= 0.3 is 0 Å². The minimum atomic E-state index is -0.312. The summed E-state index contributed by atoms with van der Waals surface area (Å²) in [5.41, 5.74) is 4.11. The first-order chi connectivity index (χ1) is 11.9. The van der Waals surface area contributed by atoms with Crippen LogP contribution in [0.3, 0.4) is 0 Å². The second-order valence-corrected chi connectivity index (χ2v) is 6.79. The highest BCUT2D eigenvalue weighted by Gasteiger charge is 2.29. The topological polar surface area (TPSA) is 53.2 Å². The third-order valence-corrected chi connectivity index (χ3v) is 4.46. The summed E-state index contributed by atoms with van der Waals surface area (Å²) in [7, 11) is 0. The van der Waals surface area contributed by atoms with Gasteiger partial charge < -0.3 is 16.0 Å². The van der Waals surface area contributed by atoms with Gasteiger partial charge in [-0.05, 0) is 49.8 Å². The summed E-state index contributed by atoms with van der Waals surface area (Å²) in [5.74, 6) is -0.201. The van der Waals surface area contributed by atoms with Gasteiger partial charge in [0, 0.05) is 16.4 Å². The van der Waals surface area contributed by atoms with Crippen molar-refractivity contribution in [2.75, 3.05) is 5.32 Å². The maximum absolute atomic E-state index is 12.9. The molecule has 2 aromatic carbocycles. The fourth-order valence-electron chi connectivity index (χ4n) is 2.77. The third kappa shape index (κ3) is 4.00. The van der Waals surface area contributed by atoms with E-state index in [9.17, 15) is 4.79 Å². The molecule has 6 heteroatoms. The summed E-state index contributed by atoms with van der Waals surface area (Å²) in [5, 5.41) is 10.2. The second kappa shape index (κ2) is 7.25. The number of rotatable bonds is 3. The number of halogens is 1. The molecule has 0 spiro atoms. The number of aryl methyl sites for hydroxylation is 1. The van der Waals surface area contributed by atoms with E-state index in [1.807, 2.05) is 38.1 Å². The number of hydrogen-bond acceptors (Lipinski definition) is 2. The van der Waals surface area contributed by atoms with Crippen LogP contribution in [0.5, 0.6) is 0 Å². The van der Waals surface area contributed by atoms with Gasteiger partial charge in [0.05, 0.1) is 11.6 Å². The molecule has 128 valence electrons. The van der Waals surface area contributed by atoms with Crippen molar-refractivity contribution in [1.29, 1.82) is 0 Å². The van der Waals surface area contributed by atoms with Crippen LogP contribution >= 0.6 is 23.8 Å². The Labute approximate surface area is 157 Å². The van der Waals surface area contributed by atoms with E-state index in [0.29, 0.717) is 21.4 Å². The molecule has 3 rings (SSSR count). The number of hydrogen-bond donors (Lipinski definition) is 3. The van der Waals surface area contributed by atoms with Crippen molar-refractivity contribution in [2.45, 2.75) is 19.9 Å². The van der Waals surface area contributed by atoms with Crippen LogP contribution < -0.4 is 16.0 Å². The van der Waals surface area contributed by atoms with Crippen molar-refractivity contribution in [3.63, 3.8) is 0 Å². The van der Waals surface area contributed by atoms with E-state index < -0.39 is 0 Å². The Morgan fingerprint density at radius 2 is 1.88 bits per heavy atom. The normalized spacial score (nSPS) is 16.9. The van der Waals surface area contributed by atoms with Gasteiger partial charge in [-0.15, -0.1) is 0 Å². The van der Waals surface area contributed by atoms with Crippen LogP contribution in [-0.2, 0) is 4.79 Å². The molecule has 0 saturated carbocycles. The molecule has 0 bridgehead atoms. The lowest BCUT2D eigenvalue weighted by molar-refractivity contribution is -0.113. The van der Waals surface area contributed by atoms with Gasteiger partial charge in [0.25, 0.3) is 5.91 Å². The molecule has 0 fully saturated rings. The van der Waals surface area contributed by atoms with E-state index in [1.54, 1.807) is 24.3 Å². The molecule has 0 saturated heterocycles. The molecule has 1 aliphatic rings. The minimum Gasteiger partial charge on any atom is -0.351 e. The molecule has 0 radical (unpaired) electrons. The van der Waals surface area contributed by atoms with Gasteiger partial charge in [0.2, 0.25) is 0 Å². The first kappa shape index (κ1) is 17.5. The van der Waals surface area contributed by atoms with Crippen LogP contribution in [0.2, 0.25) is 5.02 Å². The van der Waals surface area contributed by atoms with E-state index in [2.05, 4.69) is 16.0 Å². The van der Waals surface area contributed by atoms with Crippen LogP contribution in [0.4, 0.5) is 5.69 Å². The number of anilines is 1. The molecule has 4 nitrogen and oxygen atoms in total. The van der Waals surface area contributed by atoms with E-state index >= 15 is 0 Å². The third-order valence-electron chi connectivity index (χ3n) is 4.01. The summed E-state index contributed by atoms with van der Waals surface area (Å²) in [4.78, 5) is 12.9. The van der Waals surface area contributed by atoms with Crippen molar-refractivity contribution in [3.8, 4) is 0 Å². The number of carbonyl (C=O) groups excluding carboxylic acids is 1. The van der Waals surface area contributed by atoms with Crippen molar-refractivity contribution in [1.82, 2.24) is 10.6 Å². The summed E-state index contributed by atoms with van der Waals surface area (Å²) in [6, 6.07) is 14.8. The van der Waals surface area contributed by atoms with E-state index in [0.717, 1.165) is 16.8 Å². The zero-order valence-electron chi connectivity index (χ0n) is 13.9. The summed E-state index contributed by atoms with van der Waals surface area (Å²) in [6.07, 6.45) is 0. The minimum absolute atomic E-state index is 0.201. The number of thiocarbonyl (C=S) groups is 1. The largest absolute Gasteiger partial charge is 0.351 e. The van der Waals surface area contributed by atoms with Crippen molar-refractivity contribution < 1.29 is 4.79 Å². The number of nitrogens with one attached hydrogen (secondary N) is 3. The van der Waals surface area contributed by atoms with Crippen LogP contribution in [0, 0.1) is 6.92 Å². The molecular weight excluding hydrogens is 354 g/mol. The Balaban J connectivity index is 1.94. The highest BCUT2D eigenvalue weighted by Crippen LogP contribution is 2.28. The van der Waals surface area contributed by atoms with Crippen LogP contribution in [0.15, 0.2) is 59.8 Å².